The standard InChI is InChI=1S/C27H32N8O4S/c1-17-12-28-25(29-13-17)20(34-14-18(15-34)36-2)16-40-33-27-32-31-26(19-8-6-11-23(30-19)39-5)35(27)24-21(37-3)9-7-10-22(24)38-4/h6-13,18,20H,14-16H2,1-5H3,(H,32,33). The van der Waals surface area contributed by atoms with Gasteiger partial charge < -0.3 is 18.9 Å². The third kappa shape index (κ3) is 5.67. The van der Waals surface area contributed by atoms with Crippen molar-refractivity contribution in [2.24, 2.45) is 0 Å². The van der Waals surface area contributed by atoms with Crippen molar-refractivity contribution >= 4 is 17.9 Å². The van der Waals surface area contributed by atoms with Crippen LogP contribution < -0.4 is 18.9 Å². The van der Waals surface area contributed by atoms with E-state index in [2.05, 4.69) is 34.8 Å². The van der Waals surface area contributed by atoms with Gasteiger partial charge in [0.1, 0.15) is 28.7 Å². The second-order valence-electron chi connectivity index (χ2n) is 9.12. The Morgan fingerprint density at radius 2 is 1.65 bits per heavy atom. The predicted octanol–water partition coefficient (Wildman–Crippen LogP) is 3.59. The van der Waals surface area contributed by atoms with E-state index in [1.54, 1.807) is 34.5 Å². The number of rotatable bonds is 12. The van der Waals surface area contributed by atoms with Crippen LogP contribution in [0.2, 0.25) is 0 Å². The van der Waals surface area contributed by atoms with Crippen LogP contribution in [0.4, 0.5) is 5.95 Å². The van der Waals surface area contributed by atoms with Crippen LogP contribution in [0.1, 0.15) is 17.4 Å². The lowest BCUT2D eigenvalue weighted by Gasteiger charge is -2.42. The molecule has 40 heavy (non-hydrogen) atoms. The van der Waals surface area contributed by atoms with Gasteiger partial charge in [0.25, 0.3) is 0 Å². The molecule has 1 fully saturated rings. The molecule has 12 nitrogen and oxygen atoms in total. The number of aryl methyl sites for hydroxylation is 1. The first-order chi connectivity index (χ1) is 19.6. The number of benzene rings is 1. The van der Waals surface area contributed by atoms with E-state index in [0.29, 0.717) is 46.3 Å². The summed E-state index contributed by atoms with van der Waals surface area (Å²) in [6.45, 7) is 3.62. The average Bonchev–Trinajstić information content (AvgIpc) is 3.39. The lowest BCUT2D eigenvalue weighted by molar-refractivity contribution is -0.0484. The molecule has 0 bridgehead atoms. The number of pyridine rings is 1. The maximum atomic E-state index is 5.72. The zero-order valence-electron chi connectivity index (χ0n) is 23.1. The van der Waals surface area contributed by atoms with Gasteiger partial charge in [0, 0.05) is 44.4 Å². The van der Waals surface area contributed by atoms with Crippen LogP contribution >= 0.6 is 11.9 Å². The van der Waals surface area contributed by atoms with Crippen LogP contribution in [0.15, 0.2) is 48.8 Å². The summed E-state index contributed by atoms with van der Waals surface area (Å²) < 4.78 is 27.5. The normalized spacial score (nSPS) is 14.4. The number of methoxy groups -OCH3 is 4. The molecule has 3 aromatic heterocycles. The van der Waals surface area contributed by atoms with E-state index in [1.165, 1.54) is 11.9 Å². The fraction of sp³-hybridized carbons (Fsp3) is 0.370. The van der Waals surface area contributed by atoms with Crippen LogP contribution in [-0.4, -0.2) is 88.0 Å². The Balaban J connectivity index is 1.48. The summed E-state index contributed by atoms with van der Waals surface area (Å²) in [4.78, 5) is 16.1. The van der Waals surface area contributed by atoms with Gasteiger partial charge in [-0.25, -0.2) is 15.0 Å². The summed E-state index contributed by atoms with van der Waals surface area (Å²) in [6, 6.07) is 11.1. The van der Waals surface area contributed by atoms with Crippen molar-refractivity contribution in [1.82, 2.24) is 34.6 Å². The molecule has 1 aromatic carbocycles. The highest BCUT2D eigenvalue weighted by Crippen LogP contribution is 2.38. The van der Waals surface area contributed by atoms with Gasteiger partial charge in [-0.3, -0.25) is 14.2 Å². The van der Waals surface area contributed by atoms with Crippen LogP contribution in [0.25, 0.3) is 17.2 Å². The molecule has 1 aliphatic rings. The SMILES string of the molecule is COc1cccc(-c2nnc(NSCC(c3ncc(C)cn3)N3CC(OC)C3)n2-c2c(OC)cccc2OC)n1. The number of nitrogens with zero attached hydrogens (tertiary/aromatic N) is 7. The first-order valence-corrected chi connectivity index (χ1v) is 13.7. The maximum Gasteiger partial charge on any atom is 0.239 e. The van der Waals surface area contributed by atoms with E-state index >= 15 is 0 Å². The molecule has 13 heteroatoms. The molecule has 1 unspecified atom stereocenters. The highest BCUT2D eigenvalue weighted by Gasteiger charge is 2.35. The monoisotopic (exact) mass is 564 g/mol. The molecule has 1 aliphatic heterocycles. The Bertz CT molecular complexity index is 1410. The molecule has 0 spiro atoms. The molecule has 1 saturated heterocycles. The molecular weight excluding hydrogens is 532 g/mol. The van der Waals surface area contributed by atoms with Gasteiger partial charge in [0.15, 0.2) is 5.82 Å². The van der Waals surface area contributed by atoms with Crippen molar-refractivity contribution in [2.75, 3.05) is 52.0 Å². The Morgan fingerprint density at radius 3 is 2.30 bits per heavy atom. The largest absolute Gasteiger partial charge is 0.494 e. The minimum atomic E-state index is -0.0128. The van der Waals surface area contributed by atoms with E-state index in [1.807, 2.05) is 54.2 Å². The second kappa shape index (κ2) is 12.5. The number of hydrogen-bond donors (Lipinski definition) is 1. The van der Waals surface area contributed by atoms with Gasteiger partial charge in [-0.15, -0.1) is 10.2 Å². The Morgan fingerprint density at radius 1 is 0.950 bits per heavy atom. The van der Waals surface area contributed by atoms with E-state index in [4.69, 9.17) is 18.9 Å². The quantitative estimate of drug-likeness (QED) is 0.253. The van der Waals surface area contributed by atoms with Crippen molar-refractivity contribution in [3.8, 4) is 34.6 Å². The summed E-state index contributed by atoms with van der Waals surface area (Å²) >= 11 is 1.49. The Kier molecular flexibility index (Phi) is 8.63. The third-order valence-electron chi connectivity index (χ3n) is 6.60. The van der Waals surface area contributed by atoms with Crippen molar-refractivity contribution in [2.45, 2.75) is 19.1 Å². The lowest BCUT2D eigenvalue weighted by Crippen LogP contribution is -2.53. The molecule has 4 heterocycles. The fourth-order valence-electron chi connectivity index (χ4n) is 4.41. The Labute approximate surface area is 237 Å². The van der Waals surface area contributed by atoms with Crippen molar-refractivity contribution in [3.05, 3.63) is 60.2 Å². The van der Waals surface area contributed by atoms with Gasteiger partial charge in [-0.2, -0.15) is 0 Å². The number of anilines is 1. The minimum absolute atomic E-state index is 0.0128. The highest BCUT2D eigenvalue weighted by molar-refractivity contribution is 8.00. The van der Waals surface area contributed by atoms with Gasteiger partial charge >= 0.3 is 0 Å². The number of nitrogens with one attached hydrogen (secondary N) is 1. The molecule has 0 amide bonds. The lowest BCUT2D eigenvalue weighted by atomic mass is 10.1. The molecule has 0 radical (unpaired) electrons. The minimum Gasteiger partial charge on any atom is -0.494 e. The van der Waals surface area contributed by atoms with Crippen LogP contribution in [0.5, 0.6) is 17.4 Å². The average molecular weight is 565 g/mol. The molecule has 0 aliphatic carbocycles. The molecule has 4 aromatic rings. The fourth-order valence-corrected chi connectivity index (χ4v) is 5.27. The zero-order chi connectivity index (χ0) is 28.1. The van der Waals surface area contributed by atoms with Gasteiger partial charge in [0.2, 0.25) is 11.8 Å². The number of para-hydroxylation sites is 1. The topological polar surface area (TPSA) is 122 Å². The number of ether oxygens (including phenoxy) is 4. The molecule has 1 N–H and O–H groups in total. The number of hydrogen-bond acceptors (Lipinski definition) is 12. The van der Waals surface area contributed by atoms with Crippen LogP contribution in [-0.2, 0) is 4.74 Å². The summed E-state index contributed by atoms with van der Waals surface area (Å²) in [7, 11) is 6.54. The summed E-state index contributed by atoms with van der Waals surface area (Å²) in [5.41, 5.74) is 2.24. The second-order valence-corrected chi connectivity index (χ2v) is 9.94. The smallest absolute Gasteiger partial charge is 0.239 e. The van der Waals surface area contributed by atoms with Crippen molar-refractivity contribution in [3.63, 3.8) is 0 Å². The number of likely N-dealkylation sites (tertiary alicyclic amines) is 1. The molecule has 0 saturated carbocycles. The summed E-state index contributed by atoms with van der Waals surface area (Å²) in [5, 5.41) is 8.98. The van der Waals surface area contributed by atoms with Crippen molar-refractivity contribution < 1.29 is 18.9 Å². The predicted molar refractivity (Wildman–Crippen MR) is 152 cm³/mol. The van der Waals surface area contributed by atoms with E-state index < -0.39 is 0 Å². The van der Waals surface area contributed by atoms with E-state index in [-0.39, 0.29) is 12.1 Å². The van der Waals surface area contributed by atoms with Crippen molar-refractivity contribution in [1.29, 1.82) is 0 Å². The molecule has 210 valence electrons. The highest BCUT2D eigenvalue weighted by atomic mass is 32.2. The van der Waals surface area contributed by atoms with E-state index in [0.717, 1.165) is 24.5 Å². The first kappa shape index (κ1) is 27.6. The van der Waals surface area contributed by atoms with Gasteiger partial charge in [-0.05, 0) is 42.6 Å². The van der Waals surface area contributed by atoms with E-state index in [9.17, 15) is 0 Å². The molecular formula is C27H32N8O4S. The molecule has 5 rings (SSSR count). The maximum absolute atomic E-state index is 5.72. The Hall–Kier alpha value is -3.94. The third-order valence-corrected chi connectivity index (χ3v) is 7.41. The zero-order valence-corrected chi connectivity index (χ0v) is 23.9. The van der Waals surface area contributed by atoms with Gasteiger partial charge in [-0.1, -0.05) is 12.1 Å². The van der Waals surface area contributed by atoms with Gasteiger partial charge in [0.05, 0.1) is 33.5 Å². The number of aromatic nitrogens is 6. The van der Waals surface area contributed by atoms with Crippen LogP contribution in [0, 0.1) is 6.92 Å². The molecule has 1 atom stereocenters. The summed E-state index contributed by atoms with van der Waals surface area (Å²) in [6.07, 6.45) is 3.91. The summed E-state index contributed by atoms with van der Waals surface area (Å²) in [5.74, 6) is 4.05. The first-order valence-electron chi connectivity index (χ1n) is 12.7. The van der Waals surface area contributed by atoms with Crippen LogP contribution in [0.3, 0.4) is 0 Å².